The van der Waals surface area contributed by atoms with Crippen LogP contribution in [-0.2, 0) is 24.4 Å². The number of likely N-dealkylation sites (N-methyl/N-ethyl adjacent to an activating group) is 2. The average Bonchev–Trinajstić information content (AvgIpc) is 3.21. The number of hydrogen-bond donors (Lipinski definition) is 0. The molecule has 4 rings (SSSR count). The summed E-state index contributed by atoms with van der Waals surface area (Å²) in [5.74, 6) is -0.701. The van der Waals surface area contributed by atoms with Crippen LogP contribution in [0.5, 0.6) is 0 Å². The lowest BCUT2D eigenvalue weighted by molar-refractivity contribution is -0.130. The van der Waals surface area contributed by atoms with Crippen LogP contribution in [0.3, 0.4) is 0 Å². The number of carbonyl (C=O) groups is 3. The lowest BCUT2D eigenvalue weighted by Crippen LogP contribution is -2.39. The highest BCUT2D eigenvalue weighted by Crippen LogP contribution is 2.18. The summed E-state index contributed by atoms with van der Waals surface area (Å²) in [7, 11) is 3.29. The quantitative estimate of drug-likeness (QED) is 0.529. The van der Waals surface area contributed by atoms with Gasteiger partial charge in [-0.3, -0.25) is 19.1 Å². The largest absolute Gasteiger partial charge is 0.340 e. The monoisotopic (exact) mass is 473 g/mol. The Labute approximate surface area is 205 Å². The van der Waals surface area contributed by atoms with Crippen molar-refractivity contribution in [3.05, 3.63) is 88.7 Å². The van der Waals surface area contributed by atoms with Gasteiger partial charge < -0.3 is 14.7 Å². The normalized spacial score (nSPS) is 13.2. The molecule has 1 aliphatic heterocycles. The standard InChI is InChI=1S/C27H31N5O3/c1-20-9-7-12-22(15-20)18-31-13-8-14-32-24(27(31)35)16-23(28-32)26(34)30(3)19-25(33)29(2)17-21-10-5-4-6-11-21/h4-7,9-12,15-16H,8,13-14,17-19H2,1-3H3. The highest BCUT2D eigenvalue weighted by molar-refractivity contribution is 5.99. The van der Waals surface area contributed by atoms with Crippen molar-refractivity contribution in [2.75, 3.05) is 27.2 Å². The van der Waals surface area contributed by atoms with Crippen molar-refractivity contribution >= 4 is 17.7 Å². The lowest BCUT2D eigenvalue weighted by Gasteiger charge is -2.22. The predicted octanol–water partition coefficient (Wildman–Crippen LogP) is 2.97. The molecular formula is C27H31N5O3. The first-order valence-electron chi connectivity index (χ1n) is 11.8. The SMILES string of the molecule is Cc1cccc(CN2CCCn3nc(C(=O)N(C)CC(=O)N(C)Cc4ccccc4)cc3C2=O)c1. The minimum atomic E-state index is -0.384. The molecule has 182 valence electrons. The van der Waals surface area contributed by atoms with E-state index >= 15 is 0 Å². The van der Waals surface area contributed by atoms with E-state index in [2.05, 4.69) is 11.2 Å². The second kappa shape index (κ2) is 10.5. The molecule has 0 saturated heterocycles. The summed E-state index contributed by atoms with van der Waals surface area (Å²) in [6.07, 6.45) is 0.748. The van der Waals surface area contributed by atoms with Crippen LogP contribution in [0.15, 0.2) is 60.7 Å². The summed E-state index contributed by atoms with van der Waals surface area (Å²) in [6, 6.07) is 19.3. The average molecular weight is 474 g/mol. The lowest BCUT2D eigenvalue weighted by atomic mass is 10.1. The van der Waals surface area contributed by atoms with Crippen molar-refractivity contribution in [3.63, 3.8) is 0 Å². The van der Waals surface area contributed by atoms with Crippen molar-refractivity contribution in [2.45, 2.75) is 33.0 Å². The second-order valence-electron chi connectivity index (χ2n) is 9.10. The van der Waals surface area contributed by atoms with Gasteiger partial charge in [0, 0.05) is 46.3 Å². The van der Waals surface area contributed by atoms with Crippen LogP contribution in [-0.4, -0.2) is 69.4 Å². The van der Waals surface area contributed by atoms with Gasteiger partial charge in [0.25, 0.3) is 11.8 Å². The Kier molecular flexibility index (Phi) is 7.29. The number of aryl methyl sites for hydroxylation is 2. The van der Waals surface area contributed by atoms with Gasteiger partial charge in [-0.05, 0) is 24.5 Å². The van der Waals surface area contributed by atoms with E-state index in [4.69, 9.17) is 0 Å². The zero-order valence-corrected chi connectivity index (χ0v) is 20.5. The van der Waals surface area contributed by atoms with E-state index in [9.17, 15) is 14.4 Å². The summed E-state index contributed by atoms with van der Waals surface area (Å²) < 4.78 is 1.61. The zero-order valence-electron chi connectivity index (χ0n) is 20.5. The summed E-state index contributed by atoms with van der Waals surface area (Å²) >= 11 is 0. The van der Waals surface area contributed by atoms with Gasteiger partial charge in [0.1, 0.15) is 5.69 Å². The van der Waals surface area contributed by atoms with Gasteiger partial charge in [-0.2, -0.15) is 5.10 Å². The summed E-state index contributed by atoms with van der Waals surface area (Å²) in [5.41, 5.74) is 3.81. The number of hydrogen-bond acceptors (Lipinski definition) is 4. The van der Waals surface area contributed by atoms with E-state index in [1.807, 2.05) is 55.5 Å². The predicted molar refractivity (Wildman–Crippen MR) is 133 cm³/mol. The van der Waals surface area contributed by atoms with Gasteiger partial charge in [-0.25, -0.2) is 0 Å². The van der Waals surface area contributed by atoms with E-state index < -0.39 is 0 Å². The molecule has 1 aliphatic rings. The molecule has 0 spiro atoms. The van der Waals surface area contributed by atoms with Gasteiger partial charge in [0.15, 0.2) is 5.69 Å². The molecule has 35 heavy (non-hydrogen) atoms. The molecule has 0 atom stereocenters. The first-order chi connectivity index (χ1) is 16.8. The number of benzene rings is 2. The third-order valence-electron chi connectivity index (χ3n) is 6.17. The fourth-order valence-corrected chi connectivity index (χ4v) is 4.26. The molecular weight excluding hydrogens is 442 g/mol. The van der Waals surface area contributed by atoms with Gasteiger partial charge in [-0.15, -0.1) is 0 Å². The van der Waals surface area contributed by atoms with Gasteiger partial charge >= 0.3 is 0 Å². The Hall–Kier alpha value is -3.94. The van der Waals surface area contributed by atoms with Gasteiger partial charge in [-0.1, -0.05) is 60.2 Å². The molecule has 2 heterocycles. The van der Waals surface area contributed by atoms with Crippen LogP contribution in [0, 0.1) is 6.92 Å². The van der Waals surface area contributed by atoms with Crippen LogP contribution in [0.2, 0.25) is 0 Å². The van der Waals surface area contributed by atoms with E-state index in [0.29, 0.717) is 31.9 Å². The topological polar surface area (TPSA) is 78.8 Å². The molecule has 0 N–H and O–H groups in total. The number of nitrogens with zero attached hydrogens (tertiary/aromatic N) is 5. The van der Waals surface area contributed by atoms with Crippen LogP contribution in [0.4, 0.5) is 0 Å². The molecule has 3 amide bonds. The maximum absolute atomic E-state index is 13.3. The van der Waals surface area contributed by atoms with Crippen molar-refractivity contribution in [1.82, 2.24) is 24.5 Å². The summed E-state index contributed by atoms with van der Waals surface area (Å²) in [6.45, 7) is 4.12. The number of rotatable bonds is 7. The molecule has 0 bridgehead atoms. The first-order valence-corrected chi connectivity index (χ1v) is 11.8. The smallest absolute Gasteiger partial charge is 0.274 e. The Morgan fingerprint density at radius 1 is 0.943 bits per heavy atom. The van der Waals surface area contributed by atoms with Crippen LogP contribution >= 0.6 is 0 Å². The number of aromatic nitrogens is 2. The fourth-order valence-electron chi connectivity index (χ4n) is 4.26. The van der Waals surface area contributed by atoms with Crippen molar-refractivity contribution in [3.8, 4) is 0 Å². The van der Waals surface area contributed by atoms with Crippen molar-refractivity contribution in [2.24, 2.45) is 0 Å². The number of carbonyl (C=O) groups excluding carboxylic acids is 3. The molecule has 0 fully saturated rings. The van der Waals surface area contributed by atoms with Crippen molar-refractivity contribution < 1.29 is 14.4 Å². The number of fused-ring (bicyclic) bond motifs is 1. The van der Waals surface area contributed by atoms with Crippen LogP contribution in [0.25, 0.3) is 0 Å². The summed E-state index contributed by atoms with van der Waals surface area (Å²) in [4.78, 5) is 43.7. The van der Waals surface area contributed by atoms with Gasteiger partial charge in [0.2, 0.25) is 5.91 Å². The Morgan fingerprint density at radius 3 is 2.43 bits per heavy atom. The minimum absolute atomic E-state index is 0.0716. The van der Waals surface area contributed by atoms with Crippen LogP contribution < -0.4 is 0 Å². The Bertz CT molecular complexity index is 1220. The number of amides is 3. The molecule has 8 nitrogen and oxygen atoms in total. The highest BCUT2D eigenvalue weighted by atomic mass is 16.2. The van der Waals surface area contributed by atoms with E-state index in [1.54, 1.807) is 34.6 Å². The first kappa shape index (κ1) is 24.2. The van der Waals surface area contributed by atoms with E-state index in [1.165, 1.54) is 4.90 Å². The third kappa shape index (κ3) is 5.77. The molecule has 1 aromatic heterocycles. The Balaban J connectivity index is 1.42. The molecule has 2 aromatic carbocycles. The molecule has 0 aliphatic carbocycles. The third-order valence-corrected chi connectivity index (χ3v) is 6.17. The summed E-state index contributed by atoms with van der Waals surface area (Å²) in [5, 5.41) is 4.41. The zero-order chi connectivity index (χ0) is 24.9. The van der Waals surface area contributed by atoms with E-state index in [0.717, 1.165) is 23.1 Å². The van der Waals surface area contributed by atoms with Crippen molar-refractivity contribution in [1.29, 1.82) is 0 Å². The molecule has 8 heteroatoms. The molecule has 3 aromatic rings. The molecule has 0 unspecified atom stereocenters. The molecule has 0 radical (unpaired) electrons. The second-order valence-corrected chi connectivity index (χ2v) is 9.10. The van der Waals surface area contributed by atoms with E-state index in [-0.39, 0.29) is 30.0 Å². The maximum Gasteiger partial charge on any atom is 0.274 e. The van der Waals surface area contributed by atoms with Crippen LogP contribution in [0.1, 0.15) is 44.1 Å². The maximum atomic E-state index is 13.3. The van der Waals surface area contributed by atoms with Gasteiger partial charge in [0.05, 0.1) is 6.54 Å². The Morgan fingerprint density at radius 2 is 1.69 bits per heavy atom. The fraction of sp³-hybridized carbons (Fsp3) is 0.333. The minimum Gasteiger partial charge on any atom is -0.340 e. The highest BCUT2D eigenvalue weighted by Gasteiger charge is 2.28. The molecule has 0 saturated carbocycles.